The summed E-state index contributed by atoms with van der Waals surface area (Å²) in [7, 11) is 0. The van der Waals surface area contributed by atoms with Gasteiger partial charge in [0, 0.05) is 29.3 Å². The van der Waals surface area contributed by atoms with E-state index in [2.05, 4.69) is 10.6 Å². The number of amides is 1. The summed E-state index contributed by atoms with van der Waals surface area (Å²) in [5.41, 5.74) is 0.339. The van der Waals surface area contributed by atoms with Crippen molar-refractivity contribution in [2.45, 2.75) is 38.3 Å². The Balaban J connectivity index is 1.55. The Kier molecular flexibility index (Phi) is 4.93. The van der Waals surface area contributed by atoms with Gasteiger partial charge in [-0.2, -0.15) is 0 Å². The molecule has 0 aromatic carbocycles. The molecule has 1 aromatic heterocycles. The highest BCUT2D eigenvalue weighted by Gasteiger charge is 2.22. The van der Waals surface area contributed by atoms with Crippen LogP contribution in [0.1, 0.15) is 40.9 Å². The van der Waals surface area contributed by atoms with E-state index in [-0.39, 0.29) is 5.91 Å². The summed E-state index contributed by atoms with van der Waals surface area (Å²) >= 11 is 1.44. The van der Waals surface area contributed by atoms with Gasteiger partial charge in [0.2, 0.25) is 5.91 Å². The van der Waals surface area contributed by atoms with Gasteiger partial charge in [-0.1, -0.05) is 0 Å². The zero-order chi connectivity index (χ0) is 13.7. The van der Waals surface area contributed by atoms with Gasteiger partial charge in [0.1, 0.15) is 0 Å². The van der Waals surface area contributed by atoms with Crippen LogP contribution in [0.3, 0.4) is 0 Å². The number of nitrogens with one attached hydrogen (secondary N) is 2. The van der Waals surface area contributed by atoms with Crippen LogP contribution in [0.5, 0.6) is 0 Å². The lowest BCUT2D eigenvalue weighted by molar-refractivity contribution is -0.121. The van der Waals surface area contributed by atoms with Crippen LogP contribution in [0, 0.1) is 0 Å². The zero-order valence-electron chi connectivity index (χ0n) is 10.6. The quantitative estimate of drug-likeness (QED) is 0.633. The number of hydrogen-bond donors (Lipinski definition) is 3. The lowest BCUT2D eigenvalue weighted by Crippen LogP contribution is -2.26. The summed E-state index contributed by atoms with van der Waals surface area (Å²) in [5.74, 6) is -0.757. The Bertz CT molecular complexity index is 454. The SMILES string of the molecule is O=C(CCCNCc1cc(C(=O)O)cs1)NC1CC1. The molecule has 104 valence electrons. The summed E-state index contributed by atoms with van der Waals surface area (Å²) in [6.45, 7) is 1.42. The predicted molar refractivity (Wildman–Crippen MR) is 73.4 cm³/mol. The minimum absolute atomic E-state index is 0.133. The van der Waals surface area contributed by atoms with E-state index < -0.39 is 5.97 Å². The lowest BCUT2D eigenvalue weighted by atomic mass is 10.3. The van der Waals surface area contributed by atoms with E-state index in [1.54, 1.807) is 11.4 Å². The summed E-state index contributed by atoms with van der Waals surface area (Å²) in [4.78, 5) is 23.1. The fourth-order valence-electron chi connectivity index (χ4n) is 1.70. The average Bonchev–Trinajstić information content (AvgIpc) is 3.04. The van der Waals surface area contributed by atoms with E-state index in [1.807, 2.05) is 0 Å². The van der Waals surface area contributed by atoms with E-state index >= 15 is 0 Å². The van der Waals surface area contributed by atoms with Gasteiger partial charge in [-0.25, -0.2) is 4.79 Å². The molecule has 1 aromatic rings. The van der Waals surface area contributed by atoms with Gasteiger partial charge >= 0.3 is 5.97 Å². The molecule has 1 aliphatic rings. The average molecular weight is 282 g/mol. The van der Waals surface area contributed by atoms with Crippen molar-refractivity contribution in [3.8, 4) is 0 Å². The second-order valence-corrected chi connectivity index (χ2v) is 5.72. The maximum atomic E-state index is 11.4. The van der Waals surface area contributed by atoms with Crippen LogP contribution in [0.25, 0.3) is 0 Å². The van der Waals surface area contributed by atoms with E-state index in [9.17, 15) is 9.59 Å². The van der Waals surface area contributed by atoms with E-state index in [4.69, 9.17) is 5.11 Å². The molecule has 1 heterocycles. The topological polar surface area (TPSA) is 78.4 Å². The van der Waals surface area contributed by atoms with Gasteiger partial charge in [-0.05, 0) is 31.9 Å². The standard InChI is InChI=1S/C13H18N2O3S/c16-12(15-10-3-4-10)2-1-5-14-7-11-6-9(8-19-11)13(17)18/h6,8,10,14H,1-5,7H2,(H,15,16)(H,17,18). The van der Waals surface area contributed by atoms with Crippen molar-refractivity contribution in [2.24, 2.45) is 0 Å². The van der Waals surface area contributed by atoms with Crippen molar-refractivity contribution in [1.82, 2.24) is 10.6 Å². The van der Waals surface area contributed by atoms with Crippen molar-refractivity contribution in [1.29, 1.82) is 0 Å². The van der Waals surface area contributed by atoms with Crippen LogP contribution in [0.2, 0.25) is 0 Å². The number of aromatic carboxylic acids is 1. The van der Waals surface area contributed by atoms with E-state index in [0.29, 0.717) is 24.6 Å². The summed E-state index contributed by atoms with van der Waals surface area (Å²) < 4.78 is 0. The second kappa shape index (κ2) is 6.68. The zero-order valence-corrected chi connectivity index (χ0v) is 11.5. The monoisotopic (exact) mass is 282 g/mol. The normalized spacial score (nSPS) is 14.3. The molecule has 1 saturated carbocycles. The molecule has 0 bridgehead atoms. The number of thiophene rings is 1. The van der Waals surface area contributed by atoms with Crippen molar-refractivity contribution < 1.29 is 14.7 Å². The Morgan fingerprint density at radius 1 is 1.42 bits per heavy atom. The smallest absolute Gasteiger partial charge is 0.336 e. The van der Waals surface area contributed by atoms with Crippen LogP contribution in [0.4, 0.5) is 0 Å². The molecule has 0 aliphatic heterocycles. The molecule has 0 saturated heterocycles. The molecule has 2 rings (SSSR count). The predicted octanol–water partition coefficient (Wildman–Crippen LogP) is 1.59. The molecule has 1 aliphatic carbocycles. The first-order valence-electron chi connectivity index (χ1n) is 6.46. The number of hydrogen-bond acceptors (Lipinski definition) is 4. The minimum atomic E-state index is -0.890. The molecule has 0 atom stereocenters. The summed E-state index contributed by atoms with van der Waals surface area (Å²) in [6.07, 6.45) is 3.59. The number of carboxylic acid groups (broad SMARTS) is 1. The molecular weight excluding hydrogens is 264 g/mol. The molecule has 5 nitrogen and oxygen atoms in total. The van der Waals surface area contributed by atoms with Crippen LogP contribution < -0.4 is 10.6 Å². The van der Waals surface area contributed by atoms with Gasteiger partial charge < -0.3 is 15.7 Å². The van der Waals surface area contributed by atoms with Gasteiger partial charge in [-0.15, -0.1) is 11.3 Å². The van der Waals surface area contributed by atoms with E-state index in [1.165, 1.54) is 11.3 Å². The molecule has 0 spiro atoms. The number of rotatable bonds is 8. The van der Waals surface area contributed by atoms with Crippen LogP contribution in [0.15, 0.2) is 11.4 Å². The first-order chi connectivity index (χ1) is 9.15. The fourth-order valence-corrected chi connectivity index (χ4v) is 2.53. The first-order valence-corrected chi connectivity index (χ1v) is 7.34. The molecule has 0 unspecified atom stereocenters. The maximum absolute atomic E-state index is 11.4. The molecule has 0 radical (unpaired) electrons. The Hall–Kier alpha value is -1.40. The van der Waals surface area contributed by atoms with Crippen molar-refractivity contribution in [2.75, 3.05) is 6.54 Å². The second-order valence-electron chi connectivity index (χ2n) is 4.73. The van der Waals surface area contributed by atoms with Gasteiger partial charge in [0.05, 0.1) is 5.56 Å². The molecule has 1 amide bonds. The third-order valence-corrected chi connectivity index (χ3v) is 3.84. The van der Waals surface area contributed by atoms with Gasteiger partial charge in [0.25, 0.3) is 0 Å². The highest BCUT2D eigenvalue weighted by molar-refractivity contribution is 7.10. The maximum Gasteiger partial charge on any atom is 0.336 e. The third kappa shape index (κ3) is 5.00. The Morgan fingerprint density at radius 2 is 2.21 bits per heavy atom. The number of carbonyl (C=O) groups excluding carboxylic acids is 1. The van der Waals surface area contributed by atoms with E-state index in [0.717, 1.165) is 30.7 Å². The highest BCUT2D eigenvalue weighted by Crippen LogP contribution is 2.18. The number of carbonyl (C=O) groups is 2. The van der Waals surface area contributed by atoms with Gasteiger partial charge in [0.15, 0.2) is 0 Å². The largest absolute Gasteiger partial charge is 0.478 e. The molecule has 1 fully saturated rings. The summed E-state index contributed by atoms with van der Waals surface area (Å²) in [5, 5.41) is 16.6. The third-order valence-electron chi connectivity index (χ3n) is 2.90. The highest BCUT2D eigenvalue weighted by atomic mass is 32.1. The van der Waals surface area contributed by atoms with Crippen molar-refractivity contribution >= 4 is 23.2 Å². The minimum Gasteiger partial charge on any atom is -0.478 e. The van der Waals surface area contributed by atoms with Gasteiger partial charge in [-0.3, -0.25) is 4.79 Å². The molecule has 6 heteroatoms. The molecule has 3 N–H and O–H groups in total. The van der Waals surface area contributed by atoms with Crippen LogP contribution in [-0.2, 0) is 11.3 Å². The van der Waals surface area contributed by atoms with Crippen LogP contribution >= 0.6 is 11.3 Å². The van der Waals surface area contributed by atoms with Crippen LogP contribution in [-0.4, -0.2) is 29.6 Å². The lowest BCUT2D eigenvalue weighted by Gasteiger charge is -2.04. The number of carboxylic acids is 1. The Labute approximate surface area is 116 Å². The van der Waals surface area contributed by atoms with Crippen molar-refractivity contribution in [3.05, 3.63) is 21.9 Å². The summed E-state index contributed by atoms with van der Waals surface area (Å²) in [6, 6.07) is 2.11. The molecular formula is C13H18N2O3S. The Morgan fingerprint density at radius 3 is 2.84 bits per heavy atom. The first kappa shape index (κ1) is 14.0. The van der Waals surface area contributed by atoms with Crippen molar-refractivity contribution in [3.63, 3.8) is 0 Å². The molecule has 19 heavy (non-hydrogen) atoms. The fraction of sp³-hybridized carbons (Fsp3) is 0.538.